The first-order chi connectivity index (χ1) is 9.66. The van der Waals surface area contributed by atoms with Crippen molar-refractivity contribution in [2.75, 3.05) is 18.2 Å². The molecule has 0 spiro atoms. The highest BCUT2D eigenvalue weighted by Crippen LogP contribution is 2.50. The van der Waals surface area contributed by atoms with Crippen molar-refractivity contribution in [2.45, 2.75) is 11.3 Å². The predicted molar refractivity (Wildman–Crippen MR) is 74.1 cm³/mol. The number of primary sulfonamides is 1. The number of hydrogen-bond donors (Lipinski definition) is 2. The Bertz CT molecular complexity index is 717. The number of sulfonamides is 1. The van der Waals surface area contributed by atoms with E-state index in [9.17, 15) is 23.6 Å². The fraction of sp³-hybridized carbons (Fsp3) is 0.333. The van der Waals surface area contributed by atoms with E-state index in [2.05, 4.69) is 0 Å². The quantitative estimate of drug-likeness (QED) is 0.615. The van der Waals surface area contributed by atoms with Crippen LogP contribution < -0.4 is 10.2 Å². The molecule has 0 saturated carbocycles. The van der Waals surface area contributed by atoms with E-state index in [0.717, 1.165) is 5.06 Å². The van der Waals surface area contributed by atoms with Crippen LogP contribution in [0.15, 0.2) is 4.90 Å². The number of nitrogens with zero attached hydrogens (tertiary/aromatic N) is 2. The summed E-state index contributed by atoms with van der Waals surface area (Å²) in [6, 6.07) is 0. The molecule has 0 aliphatic carbocycles. The molecule has 1 heterocycles. The minimum atomic E-state index is -4.52. The van der Waals surface area contributed by atoms with Crippen LogP contribution in [0.1, 0.15) is 6.42 Å². The average Bonchev–Trinajstić information content (AvgIpc) is 2.84. The number of phenols is 1. The number of anilines is 1. The van der Waals surface area contributed by atoms with Crippen molar-refractivity contribution in [1.29, 1.82) is 0 Å². The van der Waals surface area contributed by atoms with Gasteiger partial charge >= 0.3 is 5.69 Å². The maximum absolute atomic E-state index is 11.7. The minimum Gasteiger partial charge on any atom is -0.501 e. The van der Waals surface area contributed by atoms with Gasteiger partial charge in [-0.2, -0.15) is 0 Å². The second-order valence-electron chi connectivity index (χ2n) is 4.09. The molecule has 9 nitrogen and oxygen atoms in total. The van der Waals surface area contributed by atoms with Crippen LogP contribution in [0.2, 0.25) is 10.0 Å². The van der Waals surface area contributed by atoms with Gasteiger partial charge in [-0.25, -0.2) is 13.6 Å². The third kappa shape index (κ3) is 2.72. The first kappa shape index (κ1) is 16.0. The molecule has 0 bridgehead atoms. The summed E-state index contributed by atoms with van der Waals surface area (Å²) in [4.78, 5) is 14.1. The number of hydroxylamine groups is 1. The number of aromatic hydroxyl groups is 1. The van der Waals surface area contributed by atoms with Gasteiger partial charge in [0.15, 0.2) is 4.90 Å². The molecule has 1 aromatic carbocycles. The lowest BCUT2D eigenvalue weighted by molar-refractivity contribution is -0.385. The van der Waals surface area contributed by atoms with Gasteiger partial charge in [-0.3, -0.25) is 20.0 Å². The van der Waals surface area contributed by atoms with Crippen molar-refractivity contribution < 1.29 is 23.3 Å². The summed E-state index contributed by atoms with van der Waals surface area (Å²) < 4.78 is 23.4. The largest absolute Gasteiger partial charge is 0.501 e. The van der Waals surface area contributed by atoms with Crippen molar-refractivity contribution in [1.82, 2.24) is 0 Å². The Kier molecular flexibility index (Phi) is 4.17. The van der Waals surface area contributed by atoms with Gasteiger partial charge in [0, 0.05) is 6.54 Å². The van der Waals surface area contributed by atoms with E-state index in [1.54, 1.807) is 0 Å². The molecule has 116 valence electrons. The molecule has 2 rings (SSSR count). The Morgan fingerprint density at radius 3 is 2.43 bits per heavy atom. The van der Waals surface area contributed by atoms with Crippen molar-refractivity contribution in [3.05, 3.63) is 20.2 Å². The summed E-state index contributed by atoms with van der Waals surface area (Å²) in [7, 11) is -4.52. The molecule has 1 saturated heterocycles. The highest BCUT2D eigenvalue weighted by Gasteiger charge is 2.37. The molecule has 1 aromatic rings. The van der Waals surface area contributed by atoms with E-state index in [1.165, 1.54) is 0 Å². The standard InChI is InChI=1S/C9H9Cl2N3O6S/c10-4-5(11)7(13-2-1-3-20-13)9(21(12,18)19)8(15)6(4)14(16)17/h15H,1-3H2,(H2,12,18,19). The topological polar surface area (TPSA) is 136 Å². The number of phenolic OH excluding ortho intramolecular Hbond substituents is 1. The Hall–Kier alpha value is -1.33. The van der Waals surface area contributed by atoms with Gasteiger partial charge in [-0.1, -0.05) is 23.2 Å². The van der Waals surface area contributed by atoms with Crippen molar-refractivity contribution >= 4 is 44.6 Å². The lowest BCUT2D eigenvalue weighted by atomic mass is 10.2. The average molecular weight is 358 g/mol. The summed E-state index contributed by atoms with van der Waals surface area (Å²) in [5.74, 6) is -1.18. The van der Waals surface area contributed by atoms with E-state index in [1.807, 2.05) is 0 Å². The number of hydrogen-bond acceptors (Lipinski definition) is 7. The van der Waals surface area contributed by atoms with Crippen LogP contribution in [0.4, 0.5) is 11.4 Å². The second kappa shape index (κ2) is 5.46. The molecule has 21 heavy (non-hydrogen) atoms. The fourth-order valence-electron chi connectivity index (χ4n) is 1.91. The second-order valence-corrected chi connectivity index (χ2v) is 6.35. The Morgan fingerprint density at radius 1 is 1.38 bits per heavy atom. The number of rotatable bonds is 3. The molecule has 12 heteroatoms. The van der Waals surface area contributed by atoms with E-state index in [4.69, 9.17) is 33.2 Å². The maximum atomic E-state index is 11.7. The predicted octanol–water partition coefficient (Wildman–Crippen LogP) is 1.40. The van der Waals surface area contributed by atoms with Crippen molar-refractivity contribution in [2.24, 2.45) is 5.14 Å². The van der Waals surface area contributed by atoms with Gasteiger partial charge in [-0.15, -0.1) is 0 Å². The minimum absolute atomic E-state index is 0.260. The SMILES string of the molecule is NS(=O)(=O)c1c(O)c([N+](=O)[O-])c(Cl)c(Cl)c1N1CCCO1. The zero-order valence-corrected chi connectivity index (χ0v) is 12.6. The Labute approximate surface area is 129 Å². The van der Waals surface area contributed by atoms with Crippen LogP contribution in [-0.2, 0) is 14.9 Å². The van der Waals surface area contributed by atoms with Crippen molar-refractivity contribution in [3.63, 3.8) is 0 Å². The molecule has 0 amide bonds. The van der Waals surface area contributed by atoms with Gasteiger partial charge in [0.25, 0.3) is 0 Å². The molecule has 3 N–H and O–H groups in total. The number of nitro groups is 1. The van der Waals surface area contributed by atoms with Crippen molar-refractivity contribution in [3.8, 4) is 5.75 Å². The molecular weight excluding hydrogens is 349 g/mol. The van der Waals surface area contributed by atoms with Crippen LogP contribution in [0.25, 0.3) is 0 Å². The first-order valence-corrected chi connectivity index (χ1v) is 7.78. The third-order valence-electron chi connectivity index (χ3n) is 2.73. The lowest BCUT2D eigenvalue weighted by Gasteiger charge is -2.21. The lowest BCUT2D eigenvalue weighted by Crippen LogP contribution is -2.23. The summed E-state index contributed by atoms with van der Waals surface area (Å²) in [6.45, 7) is 0.547. The summed E-state index contributed by atoms with van der Waals surface area (Å²) in [5, 5.41) is 25.9. The molecule has 1 fully saturated rings. The van der Waals surface area contributed by atoms with Gasteiger partial charge < -0.3 is 5.11 Å². The molecule has 0 aromatic heterocycles. The highest BCUT2D eigenvalue weighted by molar-refractivity contribution is 7.89. The first-order valence-electron chi connectivity index (χ1n) is 5.47. The van der Waals surface area contributed by atoms with E-state index >= 15 is 0 Å². The Balaban J connectivity index is 2.89. The molecule has 0 unspecified atom stereocenters. The number of nitro benzene ring substituents is 1. The third-order valence-corrected chi connectivity index (χ3v) is 4.52. The smallest absolute Gasteiger partial charge is 0.332 e. The highest BCUT2D eigenvalue weighted by atomic mass is 35.5. The van der Waals surface area contributed by atoms with Crippen LogP contribution in [0.3, 0.4) is 0 Å². The molecule has 1 aliphatic heterocycles. The zero-order valence-electron chi connectivity index (χ0n) is 10.2. The van der Waals surface area contributed by atoms with Crippen LogP contribution >= 0.6 is 23.2 Å². The monoisotopic (exact) mass is 357 g/mol. The number of benzene rings is 1. The van der Waals surface area contributed by atoms with Crippen LogP contribution in [-0.4, -0.2) is 31.6 Å². The molecule has 0 atom stereocenters. The summed E-state index contributed by atoms with van der Waals surface area (Å²) in [5.41, 5.74) is -1.35. The molecular formula is C9H9Cl2N3O6S. The normalized spacial score (nSPS) is 15.5. The number of halogens is 2. The molecule has 0 radical (unpaired) electrons. The van der Waals surface area contributed by atoms with Crippen LogP contribution in [0, 0.1) is 10.1 Å². The van der Waals surface area contributed by atoms with E-state index in [0.29, 0.717) is 6.42 Å². The van der Waals surface area contributed by atoms with Gasteiger partial charge in [0.05, 0.1) is 16.6 Å². The van der Waals surface area contributed by atoms with Crippen LogP contribution in [0.5, 0.6) is 5.75 Å². The Morgan fingerprint density at radius 2 is 2.00 bits per heavy atom. The van der Waals surface area contributed by atoms with Gasteiger partial charge in [0.2, 0.25) is 15.8 Å². The zero-order chi connectivity index (χ0) is 15.9. The van der Waals surface area contributed by atoms with Gasteiger partial charge in [-0.05, 0) is 6.42 Å². The van der Waals surface area contributed by atoms with Gasteiger partial charge in [0.1, 0.15) is 10.7 Å². The fourth-order valence-corrected chi connectivity index (χ4v) is 3.34. The summed E-state index contributed by atoms with van der Waals surface area (Å²) >= 11 is 11.7. The molecule has 1 aliphatic rings. The maximum Gasteiger partial charge on any atom is 0.332 e. The van der Waals surface area contributed by atoms with E-state index < -0.39 is 41.3 Å². The van der Waals surface area contributed by atoms with E-state index in [-0.39, 0.29) is 18.8 Å². The number of nitrogens with two attached hydrogens (primary N) is 1. The summed E-state index contributed by atoms with van der Waals surface area (Å²) in [6.07, 6.45) is 0.565.